The average Bonchev–Trinajstić information content (AvgIpc) is 3.22. The summed E-state index contributed by atoms with van der Waals surface area (Å²) in [4.78, 5) is 22.0. The number of hydrogen-bond acceptors (Lipinski definition) is 7. The smallest absolute Gasteiger partial charge is 0.275 e. The third-order valence-electron chi connectivity index (χ3n) is 6.88. The van der Waals surface area contributed by atoms with Crippen molar-refractivity contribution < 1.29 is 13.2 Å². The van der Waals surface area contributed by atoms with Crippen molar-refractivity contribution in [3.63, 3.8) is 0 Å². The van der Waals surface area contributed by atoms with E-state index in [0.29, 0.717) is 23.3 Å². The zero-order chi connectivity index (χ0) is 24.3. The third kappa shape index (κ3) is 3.35. The molecule has 1 aromatic carbocycles. The predicted molar refractivity (Wildman–Crippen MR) is 128 cm³/mol. The van der Waals surface area contributed by atoms with E-state index >= 15 is 0 Å². The molecule has 1 aliphatic heterocycles. The van der Waals surface area contributed by atoms with Crippen LogP contribution in [-0.4, -0.2) is 40.0 Å². The zero-order valence-corrected chi connectivity index (χ0v) is 19.7. The number of sulfone groups is 1. The molecule has 1 unspecified atom stereocenters. The Morgan fingerprint density at radius 2 is 2.03 bits per heavy atom. The lowest BCUT2D eigenvalue weighted by Crippen LogP contribution is -2.56. The number of hydrogen-bond donors (Lipinski definition) is 2. The van der Waals surface area contributed by atoms with Crippen molar-refractivity contribution >= 4 is 32.9 Å². The van der Waals surface area contributed by atoms with Gasteiger partial charge in [-0.25, -0.2) is 13.4 Å². The molecule has 1 spiro atoms. The monoisotopic (exact) mass is 476 g/mol. The van der Waals surface area contributed by atoms with Crippen molar-refractivity contribution in [2.24, 2.45) is 10.7 Å². The van der Waals surface area contributed by atoms with E-state index in [1.807, 2.05) is 6.07 Å². The number of pyridine rings is 1. The number of nitriles is 1. The Balaban J connectivity index is 1.50. The summed E-state index contributed by atoms with van der Waals surface area (Å²) in [6.07, 6.45) is 5.34. The van der Waals surface area contributed by atoms with Gasteiger partial charge in [0, 0.05) is 18.1 Å². The van der Waals surface area contributed by atoms with Gasteiger partial charge in [0.25, 0.3) is 5.91 Å². The molecule has 2 aromatic heterocycles. The van der Waals surface area contributed by atoms with Crippen LogP contribution in [0.5, 0.6) is 0 Å². The summed E-state index contributed by atoms with van der Waals surface area (Å²) < 4.78 is 26.6. The first kappa shape index (κ1) is 22.1. The number of amidine groups is 1. The van der Waals surface area contributed by atoms with Gasteiger partial charge in [-0.2, -0.15) is 5.26 Å². The van der Waals surface area contributed by atoms with Crippen molar-refractivity contribution in [1.82, 2.24) is 9.38 Å². The maximum absolute atomic E-state index is 13.1. The Labute approximate surface area is 197 Å². The molecular weight excluding hydrogens is 452 g/mol. The van der Waals surface area contributed by atoms with Crippen molar-refractivity contribution in [3.05, 3.63) is 65.1 Å². The second-order valence-corrected chi connectivity index (χ2v) is 11.9. The molecule has 174 valence electrons. The molecule has 3 aromatic rings. The zero-order valence-electron chi connectivity index (χ0n) is 18.9. The largest absolute Gasteiger partial charge is 0.386 e. The highest BCUT2D eigenvalue weighted by Crippen LogP contribution is 2.45. The number of anilines is 1. The quantitative estimate of drug-likeness (QED) is 0.582. The van der Waals surface area contributed by atoms with Crippen LogP contribution in [0.25, 0.3) is 5.65 Å². The fourth-order valence-corrected chi connectivity index (χ4v) is 6.41. The predicted octanol–water partition coefficient (Wildman–Crippen LogP) is 2.55. The number of nitrogens with two attached hydrogens (primary N) is 1. The molecule has 9 nitrogen and oxygen atoms in total. The molecule has 5 rings (SSSR count). The molecule has 2 aliphatic rings. The molecule has 10 heteroatoms. The third-order valence-corrected chi connectivity index (χ3v) is 9.50. The number of fused-ring (bicyclic) bond motifs is 3. The minimum atomic E-state index is -3.54. The lowest BCUT2D eigenvalue weighted by atomic mass is 9.77. The summed E-state index contributed by atoms with van der Waals surface area (Å²) in [7, 11) is -3.54. The Morgan fingerprint density at radius 1 is 1.24 bits per heavy atom. The van der Waals surface area contributed by atoms with Crippen LogP contribution < -0.4 is 11.1 Å². The number of carbonyl (C=O) groups is 1. The molecule has 34 heavy (non-hydrogen) atoms. The van der Waals surface area contributed by atoms with Crippen molar-refractivity contribution in [2.45, 2.75) is 43.4 Å². The topological polar surface area (TPSA) is 143 Å². The molecule has 3 N–H and O–H groups in total. The highest BCUT2D eigenvalue weighted by atomic mass is 32.2. The number of imidazole rings is 1. The summed E-state index contributed by atoms with van der Waals surface area (Å²) in [5, 5.41) is 11.9. The molecule has 3 heterocycles. The second-order valence-electron chi connectivity index (χ2n) is 9.40. The molecule has 1 aliphatic carbocycles. The van der Waals surface area contributed by atoms with E-state index in [9.17, 15) is 13.2 Å². The first-order valence-corrected chi connectivity index (χ1v) is 12.6. The summed E-state index contributed by atoms with van der Waals surface area (Å²) in [6, 6.07) is 10.9. The lowest BCUT2D eigenvalue weighted by Gasteiger charge is -2.43. The Bertz CT molecular complexity index is 1530. The van der Waals surface area contributed by atoms with Gasteiger partial charge in [0.05, 0.1) is 11.3 Å². The number of aromatic nitrogens is 2. The van der Waals surface area contributed by atoms with Gasteiger partial charge in [0.15, 0.2) is 9.84 Å². The van der Waals surface area contributed by atoms with Gasteiger partial charge in [-0.1, -0.05) is 6.07 Å². The van der Waals surface area contributed by atoms with Gasteiger partial charge in [-0.05, 0) is 68.5 Å². The van der Waals surface area contributed by atoms with E-state index in [-0.39, 0.29) is 17.3 Å². The van der Waals surface area contributed by atoms with E-state index in [1.54, 1.807) is 54.9 Å². The van der Waals surface area contributed by atoms with Crippen molar-refractivity contribution in [1.29, 1.82) is 5.26 Å². The molecular formula is C24H24N6O3S. The normalized spacial score (nSPS) is 22.6. The molecule has 1 atom stereocenters. The Hall–Kier alpha value is -3.71. The number of nitrogens with zero attached hydrogens (tertiary/aromatic N) is 4. The lowest BCUT2D eigenvalue weighted by molar-refractivity contribution is 0.102. The van der Waals surface area contributed by atoms with Crippen LogP contribution in [0.1, 0.15) is 53.9 Å². The van der Waals surface area contributed by atoms with Crippen LogP contribution in [0, 0.1) is 11.3 Å². The molecule has 0 bridgehead atoms. The maximum Gasteiger partial charge on any atom is 0.275 e. The fourth-order valence-electron chi connectivity index (χ4n) is 4.69. The van der Waals surface area contributed by atoms with Crippen molar-refractivity contribution in [3.8, 4) is 6.07 Å². The van der Waals surface area contributed by atoms with Gasteiger partial charge >= 0.3 is 0 Å². The number of carbonyl (C=O) groups excluding carboxylic acids is 1. The Kier molecular flexibility index (Phi) is 4.81. The summed E-state index contributed by atoms with van der Waals surface area (Å²) in [5.41, 5.74) is 8.74. The van der Waals surface area contributed by atoms with Gasteiger partial charge in [-0.15, -0.1) is 0 Å². The van der Waals surface area contributed by atoms with Crippen LogP contribution in [0.15, 0.2) is 47.7 Å². The number of benzene rings is 1. The first-order chi connectivity index (χ1) is 16.0. The second kappa shape index (κ2) is 7.40. The van der Waals surface area contributed by atoms with E-state index in [1.165, 1.54) is 0 Å². The van der Waals surface area contributed by atoms with Gasteiger partial charge < -0.3 is 15.5 Å². The van der Waals surface area contributed by atoms with Crippen molar-refractivity contribution in [2.75, 3.05) is 11.1 Å². The molecule has 0 saturated heterocycles. The summed E-state index contributed by atoms with van der Waals surface area (Å²) >= 11 is 0. The van der Waals surface area contributed by atoms with Gasteiger partial charge in [-0.3, -0.25) is 9.79 Å². The van der Waals surface area contributed by atoms with E-state index in [2.05, 4.69) is 16.4 Å². The molecule has 0 fully saturated rings. The molecule has 0 radical (unpaired) electrons. The van der Waals surface area contributed by atoms with Gasteiger partial charge in [0.1, 0.15) is 33.5 Å². The SMILES string of the molecule is CC1(C)C(N)=NC2(CCCc3ccc(NC(=O)c4cn5cc(C#N)ccc5n4)cc32)CS1(=O)=O. The van der Waals surface area contributed by atoms with E-state index in [0.717, 1.165) is 24.0 Å². The van der Waals surface area contributed by atoms with Crippen LogP contribution in [0.2, 0.25) is 0 Å². The number of aryl methyl sites for hydroxylation is 1. The van der Waals surface area contributed by atoms with Crippen LogP contribution in [0.4, 0.5) is 5.69 Å². The minimum Gasteiger partial charge on any atom is -0.386 e. The standard InChI is InChI=1S/C24H24N6O3S/c1-23(2)22(26)29-24(14-34(23,32)33)9-3-4-16-6-7-17(10-18(16)24)27-21(31)19-13-30-12-15(11-25)5-8-20(30)28-19/h5-8,10,12-13H,3-4,9,14H2,1-2H3,(H2,26,29)(H,27,31). The Morgan fingerprint density at radius 3 is 2.76 bits per heavy atom. The highest BCUT2D eigenvalue weighted by molar-refractivity contribution is 7.93. The minimum absolute atomic E-state index is 0.113. The summed E-state index contributed by atoms with van der Waals surface area (Å²) in [6.45, 7) is 3.17. The number of nitrogens with one attached hydrogen (secondary N) is 1. The van der Waals surface area contributed by atoms with E-state index < -0.39 is 26.0 Å². The fraction of sp³-hybridized carbons (Fsp3) is 0.333. The first-order valence-electron chi connectivity index (χ1n) is 11.0. The number of rotatable bonds is 2. The average molecular weight is 477 g/mol. The number of aliphatic imine (C=N–C) groups is 1. The number of amides is 1. The molecule has 1 amide bonds. The van der Waals surface area contributed by atoms with E-state index in [4.69, 9.17) is 16.0 Å². The summed E-state index contributed by atoms with van der Waals surface area (Å²) in [5.74, 6) is -0.416. The van der Waals surface area contributed by atoms with Gasteiger partial charge in [0.2, 0.25) is 0 Å². The maximum atomic E-state index is 13.1. The van der Waals surface area contributed by atoms with Crippen LogP contribution in [-0.2, 0) is 21.8 Å². The van der Waals surface area contributed by atoms with Crippen LogP contribution >= 0.6 is 0 Å². The highest BCUT2D eigenvalue weighted by Gasteiger charge is 2.51. The molecule has 0 saturated carbocycles. The van der Waals surface area contributed by atoms with Crippen LogP contribution in [0.3, 0.4) is 0 Å².